The smallest absolute Gasteiger partial charge is 0.226 e. The highest BCUT2D eigenvalue weighted by Gasteiger charge is 2.14. The Kier molecular flexibility index (Phi) is 7.12. The van der Waals surface area contributed by atoms with Crippen molar-refractivity contribution in [1.82, 2.24) is 15.5 Å². The van der Waals surface area contributed by atoms with Gasteiger partial charge in [-0.25, -0.2) is 0 Å². The summed E-state index contributed by atoms with van der Waals surface area (Å²) in [6, 6.07) is 12.4. The SMILES string of the molecule is COc1ccc(-c2noc(CCCC(=O)NC(C)c3ccc(Cl)cc3Cl)n2)cc1. The molecule has 8 heteroatoms. The Morgan fingerprint density at radius 3 is 2.66 bits per heavy atom. The van der Waals surface area contributed by atoms with Gasteiger partial charge in [-0.1, -0.05) is 34.4 Å². The molecule has 152 valence electrons. The second-order valence-corrected chi connectivity index (χ2v) is 7.39. The topological polar surface area (TPSA) is 77.2 Å². The Balaban J connectivity index is 1.48. The molecule has 2 aromatic carbocycles. The van der Waals surface area contributed by atoms with Crippen LogP contribution in [0.3, 0.4) is 0 Å². The van der Waals surface area contributed by atoms with Crippen molar-refractivity contribution < 1.29 is 14.1 Å². The first-order valence-electron chi connectivity index (χ1n) is 9.17. The average molecular weight is 434 g/mol. The van der Waals surface area contributed by atoms with Crippen molar-refractivity contribution in [3.05, 3.63) is 64.0 Å². The summed E-state index contributed by atoms with van der Waals surface area (Å²) in [6.07, 6.45) is 1.46. The number of aromatic nitrogens is 2. The van der Waals surface area contributed by atoms with E-state index >= 15 is 0 Å². The van der Waals surface area contributed by atoms with E-state index in [9.17, 15) is 4.79 Å². The van der Waals surface area contributed by atoms with Crippen LogP contribution in [0.15, 0.2) is 47.0 Å². The average Bonchev–Trinajstić information content (AvgIpc) is 3.16. The first kappa shape index (κ1) is 21.1. The number of methoxy groups -OCH3 is 1. The van der Waals surface area contributed by atoms with Crippen LogP contribution in [-0.2, 0) is 11.2 Å². The van der Waals surface area contributed by atoms with Crippen molar-refractivity contribution in [2.24, 2.45) is 0 Å². The first-order valence-corrected chi connectivity index (χ1v) is 9.93. The number of ether oxygens (including phenoxy) is 1. The minimum Gasteiger partial charge on any atom is -0.497 e. The number of carbonyl (C=O) groups is 1. The molecule has 0 saturated carbocycles. The van der Waals surface area contributed by atoms with Gasteiger partial charge in [-0.15, -0.1) is 0 Å². The van der Waals surface area contributed by atoms with Gasteiger partial charge in [0.05, 0.1) is 13.2 Å². The molecular weight excluding hydrogens is 413 g/mol. The van der Waals surface area contributed by atoms with E-state index in [1.807, 2.05) is 37.3 Å². The van der Waals surface area contributed by atoms with E-state index in [4.69, 9.17) is 32.5 Å². The minimum atomic E-state index is -0.211. The van der Waals surface area contributed by atoms with Crippen LogP contribution in [-0.4, -0.2) is 23.2 Å². The Morgan fingerprint density at radius 1 is 1.21 bits per heavy atom. The van der Waals surface area contributed by atoms with Gasteiger partial charge in [0.25, 0.3) is 0 Å². The molecule has 29 heavy (non-hydrogen) atoms. The summed E-state index contributed by atoms with van der Waals surface area (Å²) in [7, 11) is 1.61. The monoisotopic (exact) mass is 433 g/mol. The van der Waals surface area contributed by atoms with Crippen LogP contribution in [0.2, 0.25) is 10.0 Å². The molecule has 3 rings (SSSR count). The first-order chi connectivity index (χ1) is 14.0. The lowest BCUT2D eigenvalue weighted by molar-refractivity contribution is -0.121. The summed E-state index contributed by atoms with van der Waals surface area (Å²) in [5.41, 5.74) is 1.66. The van der Waals surface area contributed by atoms with Gasteiger partial charge in [0.15, 0.2) is 0 Å². The zero-order valence-electron chi connectivity index (χ0n) is 16.1. The summed E-state index contributed by atoms with van der Waals surface area (Å²) in [5.74, 6) is 1.70. The fourth-order valence-corrected chi connectivity index (χ4v) is 3.43. The Morgan fingerprint density at radius 2 is 1.97 bits per heavy atom. The number of amides is 1. The van der Waals surface area contributed by atoms with Crippen molar-refractivity contribution in [3.63, 3.8) is 0 Å². The van der Waals surface area contributed by atoms with Gasteiger partial charge in [0.2, 0.25) is 17.6 Å². The van der Waals surface area contributed by atoms with Gasteiger partial charge >= 0.3 is 0 Å². The van der Waals surface area contributed by atoms with Crippen molar-refractivity contribution >= 4 is 29.1 Å². The molecule has 0 aliphatic rings. The Hall–Kier alpha value is -2.57. The van der Waals surface area contributed by atoms with Crippen LogP contribution in [0.25, 0.3) is 11.4 Å². The molecule has 0 fully saturated rings. The molecule has 6 nitrogen and oxygen atoms in total. The molecule has 1 heterocycles. The van der Waals surface area contributed by atoms with E-state index in [2.05, 4.69) is 15.5 Å². The van der Waals surface area contributed by atoms with Crippen LogP contribution in [0.5, 0.6) is 5.75 Å². The third-order valence-corrected chi connectivity index (χ3v) is 4.98. The third kappa shape index (κ3) is 5.71. The van der Waals surface area contributed by atoms with E-state index in [0.29, 0.717) is 41.0 Å². The molecule has 0 radical (unpaired) electrons. The highest BCUT2D eigenvalue weighted by molar-refractivity contribution is 6.35. The quantitative estimate of drug-likeness (QED) is 0.524. The van der Waals surface area contributed by atoms with E-state index in [-0.39, 0.29) is 11.9 Å². The maximum atomic E-state index is 12.2. The molecule has 0 aliphatic heterocycles. The van der Waals surface area contributed by atoms with Crippen molar-refractivity contribution in [2.45, 2.75) is 32.2 Å². The normalized spacial score (nSPS) is 11.9. The van der Waals surface area contributed by atoms with Crippen LogP contribution in [0, 0.1) is 0 Å². The fourth-order valence-electron chi connectivity index (χ4n) is 2.86. The van der Waals surface area contributed by atoms with Gasteiger partial charge in [0.1, 0.15) is 5.75 Å². The maximum Gasteiger partial charge on any atom is 0.226 e. The molecule has 1 atom stereocenters. The van der Waals surface area contributed by atoms with Crippen LogP contribution >= 0.6 is 23.2 Å². The number of benzene rings is 2. The number of nitrogens with zero attached hydrogens (tertiary/aromatic N) is 2. The number of nitrogens with one attached hydrogen (secondary N) is 1. The zero-order chi connectivity index (χ0) is 20.8. The highest BCUT2D eigenvalue weighted by Crippen LogP contribution is 2.26. The van der Waals surface area contributed by atoms with E-state index in [0.717, 1.165) is 16.9 Å². The molecule has 1 unspecified atom stereocenters. The zero-order valence-corrected chi connectivity index (χ0v) is 17.6. The molecular formula is C21H21Cl2N3O3. The molecule has 1 N–H and O–H groups in total. The number of hydrogen-bond acceptors (Lipinski definition) is 5. The van der Waals surface area contributed by atoms with Crippen LogP contribution in [0.4, 0.5) is 0 Å². The van der Waals surface area contributed by atoms with Gasteiger partial charge in [0, 0.05) is 28.5 Å². The van der Waals surface area contributed by atoms with Crippen LogP contribution < -0.4 is 10.1 Å². The predicted molar refractivity (Wildman–Crippen MR) is 112 cm³/mol. The molecule has 0 aliphatic carbocycles. The van der Waals surface area contributed by atoms with Crippen molar-refractivity contribution in [2.75, 3.05) is 7.11 Å². The highest BCUT2D eigenvalue weighted by atomic mass is 35.5. The standard InChI is InChI=1S/C21H21Cl2N3O3/c1-13(17-11-8-15(22)12-18(17)23)24-19(27)4-3-5-20-25-21(26-29-20)14-6-9-16(28-2)10-7-14/h6-13H,3-5H2,1-2H3,(H,24,27). The van der Waals surface area contributed by atoms with Crippen molar-refractivity contribution in [3.8, 4) is 17.1 Å². The number of aryl methyl sites for hydroxylation is 1. The van der Waals surface area contributed by atoms with E-state index < -0.39 is 0 Å². The summed E-state index contributed by atoms with van der Waals surface area (Å²) in [5, 5.41) is 8.02. The van der Waals surface area contributed by atoms with Gasteiger partial charge in [-0.2, -0.15) is 4.98 Å². The summed E-state index contributed by atoms with van der Waals surface area (Å²) >= 11 is 12.1. The van der Waals surface area contributed by atoms with E-state index in [1.165, 1.54) is 0 Å². The Labute approximate surface area is 179 Å². The summed E-state index contributed by atoms with van der Waals surface area (Å²) < 4.78 is 10.4. The van der Waals surface area contributed by atoms with E-state index in [1.54, 1.807) is 19.2 Å². The summed E-state index contributed by atoms with van der Waals surface area (Å²) in [6.45, 7) is 1.88. The maximum absolute atomic E-state index is 12.2. The largest absolute Gasteiger partial charge is 0.497 e. The summed E-state index contributed by atoms with van der Waals surface area (Å²) in [4.78, 5) is 16.6. The van der Waals surface area contributed by atoms with Gasteiger partial charge in [-0.05, 0) is 55.3 Å². The third-order valence-electron chi connectivity index (χ3n) is 4.42. The van der Waals surface area contributed by atoms with Gasteiger partial charge in [-0.3, -0.25) is 4.79 Å². The lowest BCUT2D eigenvalue weighted by Crippen LogP contribution is -2.26. The van der Waals surface area contributed by atoms with Crippen LogP contribution in [0.1, 0.15) is 37.3 Å². The second-order valence-electron chi connectivity index (χ2n) is 6.55. The number of carbonyl (C=O) groups excluding carboxylic acids is 1. The molecule has 0 bridgehead atoms. The molecule has 3 aromatic rings. The van der Waals surface area contributed by atoms with Crippen molar-refractivity contribution in [1.29, 1.82) is 0 Å². The second kappa shape index (κ2) is 9.76. The Bertz CT molecular complexity index is 974. The molecule has 1 aromatic heterocycles. The van der Waals surface area contributed by atoms with Gasteiger partial charge < -0.3 is 14.6 Å². The molecule has 1 amide bonds. The predicted octanol–water partition coefficient (Wildman–Crippen LogP) is 5.25. The molecule has 0 saturated heterocycles. The minimum absolute atomic E-state index is 0.0709. The number of halogens is 2. The lowest BCUT2D eigenvalue weighted by Gasteiger charge is -2.15. The lowest BCUT2D eigenvalue weighted by atomic mass is 10.1. The fraction of sp³-hybridized carbons (Fsp3) is 0.286. The number of rotatable bonds is 8. The molecule has 0 spiro atoms. The number of hydrogen-bond donors (Lipinski definition) is 1.